The summed E-state index contributed by atoms with van der Waals surface area (Å²) in [7, 11) is 0. The molecule has 1 amide bonds. The zero-order valence-electron chi connectivity index (χ0n) is 14.3. The Labute approximate surface area is 152 Å². The van der Waals surface area contributed by atoms with Crippen LogP contribution in [0.3, 0.4) is 0 Å². The second-order valence-corrected chi connectivity index (χ2v) is 6.26. The molecule has 4 N–H and O–H groups in total. The molecule has 0 radical (unpaired) electrons. The number of pyridine rings is 1. The predicted octanol–water partition coefficient (Wildman–Crippen LogP) is 0.689. The van der Waals surface area contributed by atoms with Gasteiger partial charge >= 0.3 is 0 Å². The highest BCUT2D eigenvalue weighted by atomic mass is 16.5. The van der Waals surface area contributed by atoms with E-state index in [0.29, 0.717) is 18.8 Å². The highest BCUT2D eigenvalue weighted by Gasteiger charge is 2.43. The van der Waals surface area contributed by atoms with Gasteiger partial charge in [-0.2, -0.15) is 0 Å². The second kappa shape index (κ2) is 8.86. The number of anilines is 1. The van der Waals surface area contributed by atoms with Gasteiger partial charge in [-0.05, 0) is 24.3 Å². The summed E-state index contributed by atoms with van der Waals surface area (Å²) in [6.07, 6.45) is -1.77. The number of aliphatic hydroxyl groups is 2. The number of carbonyl (C=O) groups excluding carboxylic acids is 1. The van der Waals surface area contributed by atoms with E-state index >= 15 is 0 Å². The van der Waals surface area contributed by atoms with Gasteiger partial charge in [0, 0.05) is 25.0 Å². The van der Waals surface area contributed by atoms with E-state index in [0.717, 1.165) is 5.69 Å². The Morgan fingerprint density at radius 1 is 1.04 bits per heavy atom. The van der Waals surface area contributed by atoms with Crippen LogP contribution in [0.4, 0.5) is 5.69 Å². The zero-order valence-corrected chi connectivity index (χ0v) is 14.3. The van der Waals surface area contributed by atoms with E-state index in [1.165, 1.54) is 0 Å². The molecule has 0 aliphatic carbocycles. The number of ether oxygens (including phenoxy) is 1. The van der Waals surface area contributed by atoms with Crippen LogP contribution in [0.1, 0.15) is 12.1 Å². The van der Waals surface area contributed by atoms with E-state index < -0.39 is 24.4 Å². The lowest BCUT2D eigenvalue weighted by molar-refractivity contribution is -0.120. The first-order valence-electron chi connectivity index (χ1n) is 8.60. The largest absolute Gasteiger partial charge is 0.388 e. The van der Waals surface area contributed by atoms with Crippen molar-refractivity contribution in [2.24, 2.45) is 0 Å². The monoisotopic (exact) mass is 357 g/mol. The normalized spacial score (nSPS) is 25.2. The summed E-state index contributed by atoms with van der Waals surface area (Å²) in [5.74, 6) is -0.269. The molecule has 0 unspecified atom stereocenters. The molecule has 0 saturated carbocycles. The Bertz CT molecular complexity index is 698. The maximum atomic E-state index is 12.1. The number of benzene rings is 1. The minimum Gasteiger partial charge on any atom is -0.388 e. The van der Waals surface area contributed by atoms with Crippen LogP contribution in [-0.4, -0.2) is 52.1 Å². The summed E-state index contributed by atoms with van der Waals surface area (Å²) in [5, 5.41) is 26.2. The number of hydrogen-bond acceptors (Lipinski definition) is 6. The van der Waals surface area contributed by atoms with Gasteiger partial charge in [-0.25, -0.2) is 0 Å². The number of amides is 1. The average molecular weight is 357 g/mol. The fourth-order valence-corrected chi connectivity index (χ4v) is 2.92. The van der Waals surface area contributed by atoms with Crippen molar-refractivity contribution in [3.05, 3.63) is 60.4 Å². The highest BCUT2D eigenvalue weighted by Crippen LogP contribution is 2.24. The van der Waals surface area contributed by atoms with Crippen molar-refractivity contribution < 1.29 is 19.7 Å². The lowest BCUT2D eigenvalue weighted by atomic mass is 10.1. The van der Waals surface area contributed by atoms with E-state index in [1.54, 1.807) is 18.3 Å². The Hall–Kier alpha value is -2.32. The molecule has 1 saturated heterocycles. The van der Waals surface area contributed by atoms with E-state index in [1.807, 2.05) is 36.4 Å². The van der Waals surface area contributed by atoms with Gasteiger partial charge in [0.1, 0.15) is 12.2 Å². The van der Waals surface area contributed by atoms with Gasteiger partial charge in [0.05, 0.1) is 24.3 Å². The molecular formula is C19H23N3O4. The van der Waals surface area contributed by atoms with Gasteiger partial charge in [0.2, 0.25) is 5.91 Å². The molecule has 138 valence electrons. The number of rotatable bonds is 7. The summed E-state index contributed by atoms with van der Waals surface area (Å²) < 4.78 is 5.69. The molecule has 1 aliphatic heterocycles. The third kappa shape index (κ3) is 4.86. The van der Waals surface area contributed by atoms with E-state index in [4.69, 9.17) is 4.74 Å². The average Bonchev–Trinajstić information content (AvgIpc) is 2.91. The van der Waals surface area contributed by atoms with Crippen molar-refractivity contribution in [3.63, 3.8) is 0 Å². The molecule has 0 bridgehead atoms. The number of nitrogens with zero attached hydrogens (tertiary/aromatic N) is 1. The number of aliphatic hydroxyl groups excluding tert-OH is 2. The first kappa shape index (κ1) is 18.5. The summed E-state index contributed by atoms with van der Waals surface area (Å²) >= 11 is 0. The van der Waals surface area contributed by atoms with Crippen LogP contribution < -0.4 is 10.6 Å². The molecule has 2 heterocycles. The predicted molar refractivity (Wildman–Crippen MR) is 96.3 cm³/mol. The second-order valence-electron chi connectivity index (χ2n) is 6.26. The van der Waals surface area contributed by atoms with Crippen LogP contribution in [0.25, 0.3) is 0 Å². The fraction of sp³-hybridized carbons (Fsp3) is 0.368. The lowest BCUT2D eigenvalue weighted by Crippen LogP contribution is -2.38. The Kier molecular flexibility index (Phi) is 6.30. The third-order valence-electron chi connectivity index (χ3n) is 4.28. The van der Waals surface area contributed by atoms with Crippen molar-refractivity contribution in [1.82, 2.24) is 10.3 Å². The van der Waals surface area contributed by atoms with Crippen molar-refractivity contribution in [2.75, 3.05) is 11.9 Å². The maximum Gasteiger partial charge on any atom is 0.227 e. The number of para-hydroxylation sites is 1. The molecule has 1 fully saturated rings. The van der Waals surface area contributed by atoms with Crippen molar-refractivity contribution in [1.29, 1.82) is 0 Å². The van der Waals surface area contributed by atoms with E-state index in [-0.39, 0.29) is 12.3 Å². The van der Waals surface area contributed by atoms with Crippen LogP contribution in [-0.2, 0) is 16.1 Å². The molecular weight excluding hydrogens is 334 g/mol. The SMILES string of the molecule is O=C(C[C@H]1O[C@H](CNCc2ccccn2)[C@@H](O)[C@H]1O)Nc1ccccc1. The molecule has 1 aromatic heterocycles. The van der Waals surface area contributed by atoms with Crippen LogP contribution >= 0.6 is 0 Å². The number of hydrogen-bond donors (Lipinski definition) is 4. The first-order chi connectivity index (χ1) is 12.6. The summed E-state index contributed by atoms with van der Waals surface area (Å²) in [4.78, 5) is 16.3. The van der Waals surface area contributed by atoms with Crippen LogP contribution in [0.2, 0.25) is 0 Å². The lowest BCUT2D eigenvalue weighted by Gasteiger charge is -2.15. The Morgan fingerprint density at radius 2 is 1.77 bits per heavy atom. The quantitative estimate of drug-likeness (QED) is 0.581. The first-order valence-corrected chi connectivity index (χ1v) is 8.60. The minimum atomic E-state index is -1.10. The molecule has 26 heavy (non-hydrogen) atoms. The molecule has 4 atom stereocenters. The third-order valence-corrected chi connectivity index (χ3v) is 4.28. The smallest absolute Gasteiger partial charge is 0.227 e. The molecule has 7 nitrogen and oxygen atoms in total. The number of aromatic nitrogens is 1. The van der Waals surface area contributed by atoms with Crippen LogP contribution in [0.15, 0.2) is 54.7 Å². The Morgan fingerprint density at radius 3 is 2.50 bits per heavy atom. The van der Waals surface area contributed by atoms with Gasteiger partial charge in [-0.1, -0.05) is 24.3 Å². The summed E-state index contributed by atoms with van der Waals surface area (Å²) in [6, 6.07) is 14.7. The van der Waals surface area contributed by atoms with Crippen LogP contribution in [0.5, 0.6) is 0 Å². The van der Waals surface area contributed by atoms with Crippen molar-refractivity contribution >= 4 is 11.6 Å². The zero-order chi connectivity index (χ0) is 18.4. The molecule has 1 aromatic carbocycles. The molecule has 7 heteroatoms. The standard InChI is InChI=1S/C19H23N3O4/c23-17(22-13-6-2-1-3-7-13)10-15-18(24)19(25)16(26-15)12-20-11-14-8-4-5-9-21-14/h1-9,15-16,18-20,24-25H,10-12H2,(H,22,23)/t15-,16-,18+,19-/m1/s1. The molecule has 0 spiro atoms. The van der Waals surface area contributed by atoms with E-state index in [9.17, 15) is 15.0 Å². The highest BCUT2D eigenvalue weighted by molar-refractivity contribution is 5.91. The minimum absolute atomic E-state index is 0.0239. The number of carbonyl (C=O) groups is 1. The summed E-state index contributed by atoms with van der Waals surface area (Å²) in [5.41, 5.74) is 1.55. The van der Waals surface area contributed by atoms with E-state index in [2.05, 4.69) is 15.6 Å². The van der Waals surface area contributed by atoms with Crippen molar-refractivity contribution in [3.8, 4) is 0 Å². The fourth-order valence-electron chi connectivity index (χ4n) is 2.92. The van der Waals surface area contributed by atoms with Gasteiger partial charge in [-0.3, -0.25) is 9.78 Å². The van der Waals surface area contributed by atoms with Gasteiger partial charge in [0.25, 0.3) is 0 Å². The van der Waals surface area contributed by atoms with Gasteiger partial charge in [0.15, 0.2) is 0 Å². The Balaban J connectivity index is 1.46. The van der Waals surface area contributed by atoms with Crippen molar-refractivity contribution in [2.45, 2.75) is 37.4 Å². The maximum absolute atomic E-state index is 12.1. The summed E-state index contributed by atoms with van der Waals surface area (Å²) in [6.45, 7) is 0.883. The molecule has 3 rings (SSSR count). The van der Waals surface area contributed by atoms with Crippen LogP contribution in [0, 0.1) is 0 Å². The molecule has 2 aromatic rings. The van der Waals surface area contributed by atoms with Gasteiger partial charge < -0.3 is 25.6 Å². The molecule has 1 aliphatic rings. The number of nitrogens with one attached hydrogen (secondary N) is 2. The van der Waals surface area contributed by atoms with Gasteiger partial charge in [-0.15, -0.1) is 0 Å². The topological polar surface area (TPSA) is 104 Å².